The molecule has 0 aromatic carbocycles. The summed E-state index contributed by atoms with van der Waals surface area (Å²) in [7, 11) is 1.36. The first kappa shape index (κ1) is 14.5. The van der Waals surface area contributed by atoms with Crippen molar-refractivity contribution in [3.63, 3.8) is 0 Å². The van der Waals surface area contributed by atoms with Crippen LogP contribution in [0.25, 0.3) is 0 Å². The second kappa shape index (κ2) is 5.00. The predicted molar refractivity (Wildman–Crippen MR) is 66.8 cm³/mol. The molecule has 5 nitrogen and oxygen atoms in total. The number of amides is 1. The van der Waals surface area contributed by atoms with Gasteiger partial charge in [0.15, 0.2) is 0 Å². The molecule has 0 aliphatic carbocycles. The van der Waals surface area contributed by atoms with Crippen molar-refractivity contribution in [2.24, 2.45) is 5.41 Å². The molecular weight excluding hydrogens is 234 g/mol. The Hall–Kier alpha value is -1.52. The smallest absolute Gasteiger partial charge is 0.414 e. The molecule has 18 heavy (non-hydrogen) atoms. The molecule has 0 N–H and O–H groups in total. The molecule has 1 aliphatic heterocycles. The fraction of sp³-hybridized carbons (Fsp3) is 0.692. The van der Waals surface area contributed by atoms with Crippen molar-refractivity contribution in [2.75, 3.05) is 13.7 Å². The quantitative estimate of drug-likeness (QED) is 0.675. The molecule has 0 spiro atoms. The summed E-state index contributed by atoms with van der Waals surface area (Å²) in [6.07, 6.45) is 3.40. The first-order valence-corrected chi connectivity index (χ1v) is 5.95. The van der Waals surface area contributed by atoms with Gasteiger partial charge in [0, 0.05) is 12.7 Å². The van der Waals surface area contributed by atoms with Gasteiger partial charge in [-0.25, -0.2) is 4.79 Å². The Bertz CT molecular complexity index is 370. The van der Waals surface area contributed by atoms with E-state index in [1.54, 1.807) is 19.2 Å². The summed E-state index contributed by atoms with van der Waals surface area (Å²) >= 11 is 0. The standard InChI is InChI=1S/C13H21NO4/c1-12(2,3)18-11(16)14-8-6-13(4,7-9-14)10(15)17-5/h6,8H,7,9H2,1-5H3. The fourth-order valence-electron chi connectivity index (χ4n) is 1.64. The number of esters is 1. The van der Waals surface area contributed by atoms with Gasteiger partial charge in [0.05, 0.1) is 12.5 Å². The van der Waals surface area contributed by atoms with E-state index in [4.69, 9.17) is 9.47 Å². The van der Waals surface area contributed by atoms with Crippen molar-refractivity contribution in [3.8, 4) is 0 Å². The van der Waals surface area contributed by atoms with E-state index in [2.05, 4.69) is 0 Å². The Morgan fingerprint density at radius 1 is 1.33 bits per heavy atom. The molecule has 0 aromatic rings. The SMILES string of the molecule is COC(=O)C1(C)C=CN(C(=O)OC(C)(C)C)CC1. The summed E-state index contributed by atoms with van der Waals surface area (Å²) < 4.78 is 10.00. The highest BCUT2D eigenvalue weighted by atomic mass is 16.6. The number of rotatable bonds is 1. The number of nitrogens with zero attached hydrogens (tertiary/aromatic N) is 1. The van der Waals surface area contributed by atoms with Gasteiger partial charge < -0.3 is 9.47 Å². The van der Waals surface area contributed by atoms with Crippen LogP contribution in [0.5, 0.6) is 0 Å². The highest BCUT2D eigenvalue weighted by Gasteiger charge is 2.36. The summed E-state index contributed by atoms with van der Waals surface area (Å²) in [4.78, 5) is 24.9. The molecule has 5 heteroatoms. The maximum Gasteiger partial charge on any atom is 0.414 e. The van der Waals surface area contributed by atoms with E-state index in [9.17, 15) is 9.59 Å². The second-order valence-corrected chi connectivity index (χ2v) is 5.65. The lowest BCUT2D eigenvalue weighted by atomic mass is 9.85. The zero-order valence-electron chi connectivity index (χ0n) is 11.6. The molecule has 0 radical (unpaired) electrons. The number of hydrogen-bond donors (Lipinski definition) is 0. The van der Waals surface area contributed by atoms with Crippen molar-refractivity contribution >= 4 is 12.1 Å². The van der Waals surface area contributed by atoms with Gasteiger partial charge in [-0.05, 0) is 34.1 Å². The van der Waals surface area contributed by atoms with Crippen LogP contribution in [-0.2, 0) is 14.3 Å². The van der Waals surface area contributed by atoms with Crippen LogP contribution in [0, 0.1) is 5.41 Å². The zero-order valence-corrected chi connectivity index (χ0v) is 11.6. The monoisotopic (exact) mass is 255 g/mol. The van der Waals surface area contributed by atoms with Gasteiger partial charge in [-0.1, -0.05) is 6.08 Å². The van der Waals surface area contributed by atoms with Crippen molar-refractivity contribution in [2.45, 2.75) is 39.7 Å². The Morgan fingerprint density at radius 2 is 1.94 bits per heavy atom. The van der Waals surface area contributed by atoms with Crippen LogP contribution in [-0.4, -0.2) is 36.2 Å². The number of methoxy groups -OCH3 is 1. The minimum absolute atomic E-state index is 0.289. The molecule has 1 amide bonds. The Kier molecular flexibility index (Phi) is 4.04. The van der Waals surface area contributed by atoms with Crippen LogP contribution in [0.2, 0.25) is 0 Å². The molecular formula is C13H21NO4. The van der Waals surface area contributed by atoms with Gasteiger partial charge in [-0.3, -0.25) is 9.69 Å². The van der Waals surface area contributed by atoms with Crippen molar-refractivity contribution in [3.05, 3.63) is 12.3 Å². The van der Waals surface area contributed by atoms with E-state index >= 15 is 0 Å². The minimum Gasteiger partial charge on any atom is -0.468 e. The molecule has 0 saturated carbocycles. The van der Waals surface area contributed by atoms with Crippen molar-refractivity contribution < 1.29 is 19.1 Å². The largest absolute Gasteiger partial charge is 0.468 e. The normalized spacial score (nSPS) is 23.7. The van der Waals surface area contributed by atoms with Gasteiger partial charge in [0.2, 0.25) is 0 Å². The fourth-order valence-corrected chi connectivity index (χ4v) is 1.64. The first-order chi connectivity index (χ1) is 8.18. The third-order valence-electron chi connectivity index (χ3n) is 2.77. The number of ether oxygens (including phenoxy) is 2. The van der Waals surface area contributed by atoms with Crippen LogP contribution in [0.4, 0.5) is 4.79 Å². The molecule has 0 aromatic heterocycles. The summed E-state index contributed by atoms with van der Waals surface area (Å²) in [5.41, 5.74) is -1.18. The third-order valence-corrected chi connectivity index (χ3v) is 2.77. The highest BCUT2D eigenvalue weighted by molar-refractivity contribution is 5.79. The topological polar surface area (TPSA) is 55.8 Å². The van der Waals surface area contributed by atoms with Crippen LogP contribution < -0.4 is 0 Å². The second-order valence-electron chi connectivity index (χ2n) is 5.65. The maximum atomic E-state index is 11.8. The molecule has 1 rings (SSSR count). The molecule has 0 bridgehead atoms. The average molecular weight is 255 g/mol. The molecule has 1 unspecified atom stereocenters. The molecule has 0 saturated heterocycles. The van der Waals surface area contributed by atoms with E-state index in [1.165, 1.54) is 12.0 Å². The number of hydrogen-bond acceptors (Lipinski definition) is 4. The van der Waals surface area contributed by atoms with Gasteiger partial charge in [0.1, 0.15) is 5.60 Å². The van der Waals surface area contributed by atoms with Crippen LogP contribution in [0.3, 0.4) is 0 Å². The zero-order chi connectivity index (χ0) is 14.0. The maximum absolute atomic E-state index is 11.8. The third kappa shape index (κ3) is 3.48. The Morgan fingerprint density at radius 3 is 2.33 bits per heavy atom. The van der Waals surface area contributed by atoms with Crippen LogP contribution in [0.1, 0.15) is 34.1 Å². The van der Waals surface area contributed by atoms with Crippen LogP contribution >= 0.6 is 0 Å². The summed E-state index contributed by atoms with van der Waals surface area (Å²) in [5.74, 6) is -0.289. The minimum atomic E-state index is -0.659. The Balaban J connectivity index is 2.69. The van der Waals surface area contributed by atoms with E-state index in [1.807, 2.05) is 20.8 Å². The van der Waals surface area contributed by atoms with Crippen molar-refractivity contribution in [1.82, 2.24) is 4.90 Å². The van der Waals surface area contributed by atoms with E-state index in [-0.39, 0.29) is 5.97 Å². The summed E-state index contributed by atoms with van der Waals surface area (Å²) in [5, 5.41) is 0. The van der Waals surface area contributed by atoms with E-state index in [0.29, 0.717) is 13.0 Å². The summed E-state index contributed by atoms with van der Waals surface area (Å²) in [6, 6.07) is 0. The molecule has 0 fully saturated rings. The first-order valence-electron chi connectivity index (χ1n) is 5.95. The molecule has 1 aliphatic rings. The molecule has 1 atom stereocenters. The number of carbonyl (C=O) groups excluding carboxylic acids is 2. The van der Waals surface area contributed by atoms with E-state index in [0.717, 1.165) is 0 Å². The average Bonchev–Trinajstić information content (AvgIpc) is 2.26. The lowest BCUT2D eigenvalue weighted by molar-refractivity contribution is -0.149. The summed E-state index contributed by atoms with van der Waals surface area (Å²) in [6.45, 7) is 7.68. The van der Waals surface area contributed by atoms with E-state index < -0.39 is 17.1 Å². The van der Waals surface area contributed by atoms with Crippen LogP contribution in [0.15, 0.2) is 12.3 Å². The lowest BCUT2D eigenvalue weighted by Crippen LogP contribution is -2.40. The molecule has 1 heterocycles. The van der Waals surface area contributed by atoms with Gasteiger partial charge in [-0.2, -0.15) is 0 Å². The molecule has 102 valence electrons. The highest BCUT2D eigenvalue weighted by Crippen LogP contribution is 2.29. The van der Waals surface area contributed by atoms with Gasteiger partial charge in [-0.15, -0.1) is 0 Å². The number of carbonyl (C=O) groups is 2. The predicted octanol–water partition coefficient (Wildman–Crippen LogP) is 2.32. The van der Waals surface area contributed by atoms with Crippen molar-refractivity contribution in [1.29, 1.82) is 0 Å². The van der Waals surface area contributed by atoms with Gasteiger partial charge >= 0.3 is 12.1 Å². The van der Waals surface area contributed by atoms with Gasteiger partial charge in [0.25, 0.3) is 0 Å². The Labute approximate surface area is 108 Å². The lowest BCUT2D eigenvalue weighted by Gasteiger charge is -2.32.